The zero-order valence-electron chi connectivity index (χ0n) is 16.3. The number of hydrogen-bond acceptors (Lipinski definition) is 4. The first-order valence-corrected chi connectivity index (χ1v) is 9.47. The highest BCUT2D eigenvalue weighted by molar-refractivity contribution is 5.94. The van der Waals surface area contributed by atoms with E-state index in [2.05, 4.69) is 5.32 Å². The average Bonchev–Trinajstić information content (AvgIpc) is 3.19. The molecule has 0 saturated heterocycles. The molecule has 150 valence electrons. The van der Waals surface area contributed by atoms with Crippen molar-refractivity contribution < 1.29 is 18.7 Å². The van der Waals surface area contributed by atoms with Crippen molar-refractivity contribution in [2.75, 3.05) is 0 Å². The Bertz CT molecular complexity index is 1160. The number of amides is 2. The second kappa shape index (κ2) is 8.13. The molecule has 0 fully saturated rings. The second-order valence-electron chi connectivity index (χ2n) is 6.90. The number of carbonyl (C=O) groups excluding carboxylic acids is 2. The predicted molar refractivity (Wildman–Crippen MR) is 114 cm³/mol. The summed E-state index contributed by atoms with van der Waals surface area (Å²) in [5.41, 5.74) is 6.94. The maximum atomic E-state index is 12.6. The lowest BCUT2D eigenvalue weighted by Crippen LogP contribution is -2.26. The van der Waals surface area contributed by atoms with Gasteiger partial charge in [0.2, 0.25) is 5.91 Å². The minimum Gasteiger partial charge on any atom is -0.459 e. The van der Waals surface area contributed by atoms with E-state index in [4.69, 9.17) is 14.9 Å². The van der Waals surface area contributed by atoms with Crippen LogP contribution in [0.1, 0.15) is 39.4 Å². The van der Waals surface area contributed by atoms with Crippen molar-refractivity contribution in [3.05, 3.63) is 95.7 Å². The highest BCUT2D eigenvalue weighted by Gasteiger charge is 2.15. The Hall–Kier alpha value is -4.06. The predicted octanol–water partition coefficient (Wildman–Crippen LogP) is 4.82. The summed E-state index contributed by atoms with van der Waals surface area (Å²) in [6.45, 7) is 1.88. The molecule has 3 N–H and O–H groups in total. The summed E-state index contributed by atoms with van der Waals surface area (Å²) in [7, 11) is 0. The molecule has 6 heteroatoms. The molecule has 1 heterocycles. The van der Waals surface area contributed by atoms with Crippen LogP contribution in [0, 0.1) is 0 Å². The van der Waals surface area contributed by atoms with Crippen molar-refractivity contribution in [2.45, 2.75) is 13.0 Å². The third-order valence-corrected chi connectivity index (χ3v) is 4.71. The Morgan fingerprint density at radius 2 is 1.50 bits per heavy atom. The Labute approximate surface area is 173 Å². The van der Waals surface area contributed by atoms with Gasteiger partial charge in [0.15, 0.2) is 0 Å². The highest BCUT2D eigenvalue weighted by atomic mass is 16.5. The molecule has 1 aromatic heterocycles. The minimum atomic E-state index is -0.492. The highest BCUT2D eigenvalue weighted by Crippen LogP contribution is 2.25. The molecule has 0 aliphatic rings. The molecule has 2 amide bonds. The van der Waals surface area contributed by atoms with Crippen molar-refractivity contribution in [1.29, 1.82) is 0 Å². The number of fused-ring (bicyclic) bond motifs is 1. The zero-order valence-corrected chi connectivity index (χ0v) is 16.3. The second-order valence-corrected chi connectivity index (χ2v) is 6.90. The molecular formula is C24H20N2O4. The molecular weight excluding hydrogens is 380 g/mol. The standard InChI is InChI=1S/C24H20N2O4/c1-15(22-14-18-4-2-3-5-21(18)30-22)26-24(28)17-8-12-20(13-9-17)29-19-10-6-16(7-11-19)23(25)27/h2-15H,1H3,(H2,25,27)(H,26,28). The van der Waals surface area contributed by atoms with Gasteiger partial charge in [0.1, 0.15) is 22.8 Å². The van der Waals surface area contributed by atoms with Crippen LogP contribution in [-0.2, 0) is 0 Å². The molecule has 4 aromatic rings. The zero-order chi connectivity index (χ0) is 21.1. The van der Waals surface area contributed by atoms with Crippen molar-refractivity contribution >= 4 is 22.8 Å². The number of primary amides is 1. The van der Waals surface area contributed by atoms with E-state index in [0.717, 1.165) is 11.0 Å². The fourth-order valence-electron chi connectivity index (χ4n) is 3.06. The van der Waals surface area contributed by atoms with Crippen molar-refractivity contribution in [3.8, 4) is 11.5 Å². The van der Waals surface area contributed by atoms with Gasteiger partial charge in [-0.25, -0.2) is 0 Å². The van der Waals surface area contributed by atoms with E-state index in [-0.39, 0.29) is 11.9 Å². The molecule has 0 aliphatic heterocycles. The van der Waals surface area contributed by atoms with Gasteiger partial charge < -0.3 is 20.2 Å². The summed E-state index contributed by atoms with van der Waals surface area (Å²) < 4.78 is 11.5. The molecule has 4 rings (SSSR count). The van der Waals surface area contributed by atoms with Gasteiger partial charge in [0, 0.05) is 16.5 Å². The Kier molecular flexibility index (Phi) is 5.22. The molecule has 1 unspecified atom stereocenters. The first-order valence-electron chi connectivity index (χ1n) is 9.47. The van der Waals surface area contributed by atoms with Crippen LogP contribution in [0.5, 0.6) is 11.5 Å². The van der Waals surface area contributed by atoms with Crippen LogP contribution in [0.25, 0.3) is 11.0 Å². The normalized spacial score (nSPS) is 11.8. The van der Waals surface area contributed by atoms with Gasteiger partial charge in [-0.05, 0) is 67.6 Å². The molecule has 0 spiro atoms. The Balaban J connectivity index is 1.40. The minimum absolute atomic E-state index is 0.208. The van der Waals surface area contributed by atoms with Gasteiger partial charge in [-0.1, -0.05) is 18.2 Å². The molecule has 1 atom stereocenters. The van der Waals surface area contributed by atoms with Crippen molar-refractivity contribution in [2.24, 2.45) is 5.73 Å². The lowest BCUT2D eigenvalue weighted by Gasteiger charge is -2.12. The summed E-state index contributed by atoms with van der Waals surface area (Å²) in [6, 6.07) is 22.7. The summed E-state index contributed by atoms with van der Waals surface area (Å²) in [6.07, 6.45) is 0. The van der Waals surface area contributed by atoms with Crippen molar-refractivity contribution in [3.63, 3.8) is 0 Å². The third kappa shape index (κ3) is 4.17. The van der Waals surface area contributed by atoms with E-state index in [1.807, 2.05) is 37.3 Å². The van der Waals surface area contributed by atoms with E-state index in [9.17, 15) is 9.59 Å². The number of carbonyl (C=O) groups is 2. The van der Waals surface area contributed by atoms with Crippen LogP contribution >= 0.6 is 0 Å². The number of para-hydroxylation sites is 1. The van der Waals surface area contributed by atoms with Gasteiger partial charge in [-0.3, -0.25) is 9.59 Å². The Morgan fingerprint density at radius 1 is 0.900 bits per heavy atom. The van der Waals surface area contributed by atoms with Crippen LogP contribution in [0.2, 0.25) is 0 Å². The summed E-state index contributed by atoms with van der Waals surface area (Å²) in [4.78, 5) is 23.7. The summed E-state index contributed by atoms with van der Waals surface area (Å²) in [5.74, 6) is 1.14. The van der Waals surface area contributed by atoms with E-state index < -0.39 is 5.91 Å². The fraction of sp³-hybridized carbons (Fsp3) is 0.0833. The lowest BCUT2D eigenvalue weighted by molar-refractivity contribution is 0.0934. The smallest absolute Gasteiger partial charge is 0.251 e. The lowest BCUT2D eigenvalue weighted by atomic mass is 10.1. The molecule has 0 bridgehead atoms. The summed E-state index contributed by atoms with van der Waals surface area (Å²) >= 11 is 0. The molecule has 0 saturated carbocycles. The average molecular weight is 400 g/mol. The number of rotatable bonds is 6. The van der Waals surface area contributed by atoms with Crippen molar-refractivity contribution in [1.82, 2.24) is 5.32 Å². The largest absolute Gasteiger partial charge is 0.459 e. The number of benzene rings is 3. The Morgan fingerprint density at radius 3 is 2.10 bits per heavy atom. The quantitative estimate of drug-likeness (QED) is 0.485. The first-order chi connectivity index (χ1) is 14.5. The van der Waals surface area contributed by atoms with Crippen LogP contribution < -0.4 is 15.8 Å². The first kappa shape index (κ1) is 19.3. The molecule has 6 nitrogen and oxygen atoms in total. The number of ether oxygens (including phenoxy) is 1. The summed E-state index contributed by atoms with van der Waals surface area (Å²) in [5, 5.41) is 3.94. The van der Waals surface area contributed by atoms with E-state index in [0.29, 0.717) is 28.4 Å². The number of hydrogen-bond donors (Lipinski definition) is 2. The van der Waals surface area contributed by atoms with Crippen LogP contribution in [-0.4, -0.2) is 11.8 Å². The topological polar surface area (TPSA) is 94.6 Å². The monoisotopic (exact) mass is 400 g/mol. The van der Waals surface area contributed by atoms with E-state index >= 15 is 0 Å². The fourth-order valence-corrected chi connectivity index (χ4v) is 3.06. The van der Waals surface area contributed by atoms with Crippen LogP contribution in [0.3, 0.4) is 0 Å². The van der Waals surface area contributed by atoms with Crippen LogP contribution in [0.15, 0.2) is 83.3 Å². The van der Waals surface area contributed by atoms with Gasteiger partial charge in [-0.15, -0.1) is 0 Å². The van der Waals surface area contributed by atoms with Gasteiger partial charge in [-0.2, -0.15) is 0 Å². The molecule has 0 aliphatic carbocycles. The maximum Gasteiger partial charge on any atom is 0.251 e. The van der Waals surface area contributed by atoms with Gasteiger partial charge in [0.05, 0.1) is 6.04 Å². The van der Waals surface area contributed by atoms with Gasteiger partial charge >= 0.3 is 0 Å². The van der Waals surface area contributed by atoms with Crippen LogP contribution in [0.4, 0.5) is 0 Å². The maximum absolute atomic E-state index is 12.6. The third-order valence-electron chi connectivity index (χ3n) is 4.71. The number of furan rings is 1. The SMILES string of the molecule is CC(NC(=O)c1ccc(Oc2ccc(C(N)=O)cc2)cc1)c1cc2ccccc2o1. The molecule has 0 radical (unpaired) electrons. The van der Waals surface area contributed by atoms with E-state index in [1.54, 1.807) is 48.5 Å². The van der Waals surface area contributed by atoms with Gasteiger partial charge in [0.25, 0.3) is 5.91 Å². The number of nitrogens with two attached hydrogens (primary N) is 1. The van der Waals surface area contributed by atoms with E-state index in [1.165, 1.54) is 0 Å². The molecule has 30 heavy (non-hydrogen) atoms. The number of nitrogens with one attached hydrogen (secondary N) is 1. The molecule has 3 aromatic carbocycles.